The summed E-state index contributed by atoms with van der Waals surface area (Å²) in [6, 6.07) is 0.441. The Bertz CT molecular complexity index is 521. The molecule has 1 aliphatic heterocycles. The summed E-state index contributed by atoms with van der Waals surface area (Å²) in [5.74, 6) is 2.63. The molecule has 2 heterocycles. The van der Waals surface area contributed by atoms with E-state index in [1.54, 1.807) is 0 Å². The Balaban J connectivity index is 1.33. The molecule has 114 valence electrons. The number of nitrogens with one attached hydrogen (secondary N) is 1. The Hall–Kier alpha value is -1.43. The Morgan fingerprint density at radius 1 is 1.24 bits per heavy atom. The number of piperidine rings is 1. The molecule has 21 heavy (non-hydrogen) atoms. The molecule has 1 aromatic heterocycles. The number of carbonyl (C=O) groups is 1. The average molecular weight is 290 g/mol. The molecule has 0 radical (unpaired) electrons. The Morgan fingerprint density at radius 2 is 2.10 bits per heavy atom. The number of hydrogen-bond acceptors (Lipinski definition) is 5. The second kappa shape index (κ2) is 5.40. The van der Waals surface area contributed by atoms with Crippen molar-refractivity contribution < 1.29 is 9.32 Å². The third kappa shape index (κ3) is 3.26. The molecule has 2 saturated carbocycles. The zero-order chi connectivity index (χ0) is 14.2. The number of amides is 1. The summed E-state index contributed by atoms with van der Waals surface area (Å²) >= 11 is 0. The monoisotopic (exact) mass is 290 g/mol. The lowest BCUT2D eigenvalue weighted by molar-refractivity contribution is -0.122. The smallest absolute Gasteiger partial charge is 0.234 e. The van der Waals surface area contributed by atoms with Crippen LogP contribution >= 0.6 is 0 Å². The number of aromatic nitrogens is 2. The molecule has 1 atom stereocenters. The van der Waals surface area contributed by atoms with Crippen molar-refractivity contribution in [3.8, 4) is 0 Å². The highest BCUT2D eigenvalue weighted by Crippen LogP contribution is 2.39. The highest BCUT2D eigenvalue weighted by Gasteiger charge is 2.32. The van der Waals surface area contributed by atoms with Gasteiger partial charge in [0.05, 0.1) is 6.54 Å². The van der Waals surface area contributed by atoms with Gasteiger partial charge in [-0.15, -0.1) is 0 Å². The standard InChI is InChI=1S/C15H22N4O2/c20-13(16-12-5-6-12)9-19-7-1-2-11(8-19)14-17-15(21-18-14)10-3-4-10/h10-12H,1-9H2,(H,16,20)/t11-/m0/s1. The number of carbonyl (C=O) groups excluding carboxylic acids is 1. The molecule has 1 aromatic rings. The van der Waals surface area contributed by atoms with Crippen molar-refractivity contribution in [3.63, 3.8) is 0 Å². The molecule has 3 aliphatic rings. The van der Waals surface area contributed by atoms with Gasteiger partial charge < -0.3 is 9.84 Å². The van der Waals surface area contributed by atoms with Crippen LogP contribution in [0.2, 0.25) is 0 Å². The molecule has 4 rings (SSSR count). The average Bonchev–Trinajstić information content (AvgIpc) is 3.40. The molecule has 6 nitrogen and oxygen atoms in total. The minimum absolute atomic E-state index is 0.157. The fourth-order valence-corrected chi connectivity index (χ4v) is 3.02. The summed E-state index contributed by atoms with van der Waals surface area (Å²) in [6.45, 7) is 2.35. The lowest BCUT2D eigenvalue weighted by Crippen LogP contribution is -2.42. The largest absolute Gasteiger partial charge is 0.352 e. The second-order valence-electron chi connectivity index (χ2n) is 6.68. The van der Waals surface area contributed by atoms with Crippen molar-refractivity contribution in [3.05, 3.63) is 11.7 Å². The highest BCUT2D eigenvalue weighted by molar-refractivity contribution is 5.78. The second-order valence-corrected chi connectivity index (χ2v) is 6.68. The molecule has 1 N–H and O–H groups in total. The van der Waals surface area contributed by atoms with E-state index in [1.807, 2.05) is 0 Å². The molecule has 0 aromatic carbocycles. The van der Waals surface area contributed by atoms with Gasteiger partial charge in [-0.05, 0) is 45.1 Å². The Kier molecular flexibility index (Phi) is 3.41. The maximum Gasteiger partial charge on any atom is 0.234 e. The third-order valence-corrected chi connectivity index (χ3v) is 4.56. The molecule has 0 unspecified atom stereocenters. The SMILES string of the molecule is O=C(CN1CCC[C@H](c2noc(C3CC3)n2)C1)NC1CC1. The number of nitrogens with zero attached hydrogens (tertiary/aromatic N) is 3. The predicted octanol–water partition coefficient (Wildman–Crippen LogP) is 1.41. The van der Waals surface area contributed by atoms with E-state index in [0.717, 1.165) is 50.5 Å². The van der Waals surface area contributed by atoms with Crippen LogP contribution in [0.4, 0.5) is 0 Å². The van der Waals surface area contributed by atoms with Crippen LogP contribution in [-0.4, -0.2) is 46.6 Å². The lowest BCUT2D eigenvalue weighted by atomic mass is 9.97. The van der Waals surface area contributed by atoms with Crippen molar-refractivity contribution in [2.45, 2.75) is 56.4 Å². The fourth-order valence-electron chi connectivity index (χ4n) is 3.02. The number of hydrogen-bond donors (Lipinski definition) is 1. The van der Waals surface area contributed by atoms with Crippen LogP contribution in [0, 0.1) is 0 Å². The fraction of sp³-hybridized carbons (Fsp3) is 0.800. The maximum atomic E-state index is 11.9. The summed E-state index contributed by atoms with van der Waals surface area (Å²) in [5, 5.41) is 7.21. The van der Waals surface area contributed by atoms with E-state index < -0.39 is 0 Å². The van der Waals surface area contributed by atoms with Gasteiger partial charge in [0.2, 0.25) is 11.8 Å². The predicted molar refractivity (Wildman–Crippen MR) is 75.9 cm³/mol. The summed E-state index contributed by atoms with van der Waals surface area (Å²) in [7, 11) is 0. The molecule has 2 aliphatic carbocycles. The van der Waals surface area contributed by atoms with Crippen molar-refractivity contribution in [2.75, 3.05) is 19.6 Å². The summed E-state index contributed by atoms with van der Waals surface area (Å²) in [6.07, 6.45) is 6.82. The molecule has 3 fully saturated rings. The first kappa shape index (κ1) is 13.2. The van der Waals surface area contributed by atoms with Gasteiger partial charge in [0.15, 0.2) is 5.82 Å². The van der Waals surface area contributed by atoms with E-state index in [4.69, 9.17) is 4.52 Å². The van der Waals surface area contributed by atoms with Gasteiger partial charge in [-0.3, -0.25) is 9.69 Å². The summed E-state index contributed by atoms with van der Waals surface area (Å²) in [4.78, 5) is 18.7. The van der Waals surface area contributed by atoms with Crippen molar-refractivity contribution in [1.29, 1.82) is 0 Å². The van der Waals surface area contributed by atoms with Gasteiger partial charge in [0, 0.05) is 24.4 Å². The molecular weight excluding hydrogens is 268 g/mol. The van der Waals surface area contributed by atoms with Crippen LogP contribution in [0.1, 0.15) is 62.1 Å². The number of rotatable bonds is 5. The molecule has 6 heteroatoms. The quantitative estimate of drug-likeness (QED) is 0.887. The maximum absolute atomic E-state index is 11.9. The summed E-state index contributed by atoms with van der Waals surface area (Å²) in [5.41, 5.74) is 0. The zero-order valence-corrected chi connectivity index (χ0v) is 12.3. The lowest BCUT2D eigenvalue weighted by Gasteiger charge is -2.30. The van der Waals surface area contributed by atoms with Gasteiger partial charge in [-0.1, -0.05) is 5.16 Å². The van der Waals surface area contributed by atoms with E-state index in [0.29, 0.717) is 24.4 Å². The van der Waals surface area contributed by atoms with Crippen molar-refractivity contribution >= 4 is 5.91 Å². The molecule has 1 saturated heterocycles. The highest BCUT2D eigenvalue weighted by atomic mass is 16.5. The zero-order valence-electron chi connectivity index (χ0n) is 12.3. The normalized spacial score (nSPS) is 26.8. The first-order valence-electron chi connectivity index (χ1n) is 8.13. The van der Waals surface area contributed by atoms with E-state index in [1.165, 1.54) is 12.8 Å². The van der Waals surface area contributed by atoms with Gasteiger partial charge in [-0.2, -0.15) is 4.98 Å². The minimum atomic E-state index is 0.157. The van der Waals surface area contributed by atoms with Crippen LogP contribution < -0.4 is 5.32 Å². The minimum Gasteiger partial charge on any atom is -0.352 e. The van der Waals surface area contributed by atoms with Gasteiger partial charge in [0.1, 0.15) is 0 Å². The van der Waals surface area contributed by atoms with Crippen LogP contribution in [0.15, 0.2) is 4.52 Å². The molecule has 0 bridgehead atoms. The first-order valence-corrected chi connectivity index (χ1v) is 8.13. The van der Waals surface area contributed by atoms with E-state index >= 15 is 0 Å². The molecular formula is C15H22N4O2. The Labute approximate surface area is 124 Å². The molecule has 0 spiro atoms. The Morgan fingerprint density at radius 3 is 2.86 bits per heavy atom. The van der Waals surface area contributed by atoms with Crippen LogP contribution in [-0.2, 0) is 4.79 Å². The van der Waals surface area contributed by atoms with Crippen LogP contribution in [0.25, 0.3) is 0 Å². The topological polar surface area (TPSA) is 71.3 Å². The van der Waals surface area contributed by atoms with Gasteiger partial charge in [-0.25, -0.2) is 0 Å². The van der Waals surface area contributed by atoms with Gasteiger partial charge in [0.25, 0.3) is 0 Å². The van der Waals surface area contributed by atoms with Crippen LogP contribution in [0.3, 0.4) is 0 Å². The summed E-state index contributed by atoms with van der Waals surface area (Å²) < 4.78 is 5.36. The number of likely N-dealkylation sites (tertiary alicyclic amines) is 1. The first-order chi connectivity index (χ1) is 10.3. The van der Waals surface area contributed by atoms with Crippen LogP contribution in [0.5, 0.6) is 0 Å². The molecule has 1 amide bonds. The van der Waals surface area contributed by atoms with E-state index in [2.05, 4.69) is 20.4 Å². The van der Waals surface area contributed by atoms with Crippen molar-refractivity contribution in [1.82, 2.24) is 20.4 Å². The third-order valence-electron chi connectivity index (χ3n) is 4.56. The van der Waals surface area contributed by atoms with Gasteiger partial charge >= 0.3 is 0 Å². The van der Waals surface area contributed by atoms with E-state index in [9.17, 15) is 4.79 Å². The van der Waals surface area contributed by atoms with E-state index in [-0.39, 0.29) is 5.91 Å². The van der Waals surface area contributed by atoms with Crippen molar-refractivity contribution in [2.24, 2.45) is 0 Å².